The third kappa shape index (κ3) is 6.40. The zero-order valence-corrected chi connectivity index (χ0v) is 12.8. The molecular formula is C16H24N2O3. The average molecular weight is 292 g/mol. The number of amides is 2. The second-order valence-corrected chi connectivity index (χ2v) is 5.47. The SMILES string of the molecule is CC(=O)Nc1ccccc1CC(=O)NCC[C@@H](O)C(C)C. The topological polar surface area (TPSA) is 78.4 Å². The monoisotopic (exact) mass is 292 g/mol. The molecule has 0 bridgehead atoms. The van der Waals surface area contributed by atoms with Gasteiger partial charge in [0, 0.05) is 19.2 Å². The number of anilines is 1. The van der Waals surface area contributed by atoms with Crippen LogP contribution in [0.3, 0.4) is 0 Å². The van der Waals surface area contributed by atoms with Crippen LogP contribution in [0.2, 0.25) is 0 Å². The summed E-state index contributed by atoms with van der Waals surface area (Å²) in [4.78, 5) is 23.0. The number of hydrogen-bond acceptors (Lipinski definition) is 3. The van der Waals surface area contributed by atoms with Gasteiger partial charge < -0.3 is 15.7 Å². The lowest BCUT2D eigenvalue weighted by Crippen LogP contribution is -2.30. The number of benzene rings is 1. The molecule has 0 aliphatic heterocycles. The first-order chi connectivity index (χ1) is 9.90. The van der Waals surface area contributed by atoms with Gasteiger partial charge in [-0.1, -0.05) is 32.0 Å². The zero-order valence-electron chi connectivity index (χ0n) is 12.8. The molecule has 0 spiro atoms. The van der Waals surface area contributed by atoms with Crippen LogP contribution in [0, 0.1) is 5.92 Å². The summed E-state index contributed by atoms with van der Waals surface area (Å²) in [5.41, 5.74) is 1.43. The fourth-order valence-corrected chi connectivity index (χ4v) is 1.91. The highest BCUT2D eigenvalue weighted by Gasteiger charge is 2.11. The molecule has 1 aromatic rings. The van der Waals surface area contributed by atoms with Gasteiger partial charge >= 0.3 is 0 Å². The van der Waals surface area contributed by atoms with Crippen LogP contribution in [0.1, 0.15) is 32.8 Å². The number of aliphatic hydroxyl groups is 1. The molecule has 0 saturated heterocycles. The van der Waals surface area contributed by atoms with Gasteiger partial charge in [-0.15, -0.1) is 0 Å². The molecule has 0 saturated carbocycles. The van der Waals surface area contributed by atoms with E-state index in [2.05, 4.69) is 10.6 Å². The normalized spacial score (nSPS) is 12.0. The van der Waals surface area contributed by atoms with E-state index in [0.717, 1.165) is 5.56 Å². The molecule has 0 unspecified atom stereocenters. The van der Waals surface area contributed by atoms with Gasteiger partial charge in [-0.05, 0) is 24.0 Å². The molecule has 116 valence electrons. The molecule has 1 rings (SSSR count). The molecule has 0 aliphatic carbocycles. The second kappa shape index (κ2) is 8.42. The largest absolute Gasteiger partial charge is 0.393 e. The minimum absolute atomic E-state index is 0.122. The van der Waals surface area contributed by atoms with Crippen LogP contribution in [0.5, 0.6) is 0 Å². The molecule has 0 fully saturated rings. The molecular weight excluding hydrogens is 268 g/mol. The lowest BCUT2D eigenvalue weighted by atomic mass is 10.0. The number of rotatable bonds is 7. The van der Waals surface area contributed by atoms with E-state index in [1.807, 2.05) is 32.0 Å². The summed E-state index contributed by atoms with van der Waals surface area (Å²) in [7, 11) is 0. The molecule has 21 heavy (non-hydrogen) atoms. The Morgan fingerprint density at radius 2 is 1.90 bits per heavy atom. The first-order valence-corrected chi connectivity index (χ1v) is 7.20. The Morgan fingerprint density at radius 1 is 1.24 bits per heavy atom. The highest BCUT2D eigenvalue weighted by atomic mass is 16.3. The second-order valence-electron chi connectivity index (χ2n) is 5.47. The smallest absolute Gasteiger partial charge is 0.224 e. The van der Waals surface area contributed by atoms with E-state index in [-0.39, 0.29) is 24.2 Å². The Labute approximate surface area is 125 Å². The van der Waals surface area contributed by atoms with E-state index in [1.54, 1.807) is 6.07 Å². The van der Waals surface area contributed by atoms with Crippen molar-refractivity contribution in [1.29, 1.82) is 0 Å². The van der Waals surface area contributed by atoms with Gasteiger partial charge in [-0.2, -0.15) is 0 Å². The maximum absolute atomic E-state index is 11.9. The van der Waals surface area contributed by atoms with Crippen LogP contribution in [0.4, 0.5) is 5.69 Å². The number of nitrogens with one attached hydrogen (secondary N) is 2. The van der Waals surface area contributed by atoms with Gasteiger partial charge in [0.05, 0.1) is 12.5 Å². The highest BCUT2D eigenvalue weighted by molar-refractivity contribution is 5.91. The molecule has 5 heteroatoms. The lowest BCUT2D eigenvalue weighted by Gasteiger charge is -2.15. The molecule has 3 N–H and O–H groups in total. The Morgan fingerprint density at radius 3 is 2.52 bits per heavy atom. The number of carbonyl (C=O) groups is 2. The van der Waals surface area contributed by atoms with Crippen molar-refractivity contribution >= 4 is 17.5 Å². The van der Waals surface area contributed by atoms with Crippen molar-refractivity contribution in [3.05, 3.63) is 29.8 Å². The van der Waals surface area contributed by atoms with E-state index in [0.29, 0.717) is 18.7 Å². The first-order valence-electron chi connectivity index (χ1n) is 7.20. The summed E-state index contributed by atoms with van der Waals surface area (Å²) in [5, 5.41) is 15.2. The predicted molar refractivity (Wildman–Crippen MR) is 82.9 cm³/mol. The molecule has 0 aromatic heterocycles. The first kappa shape index (κ1) is 17.2. The van der Waals surface area contributed by atoms with E-state index < -0.39 is 6.10 Å². The molecule has 0 heterocycles. The Bertz CT molecular complexity index is 486. The van der Waals surface area contributed by atoms with Gasteiger partial charge in [-0.25, -0.2) is 0 Å². The predicted octanol–water partition coefficient (Wildman–Crippen LogP) is 1.71. The van der Waals surface area contributed by atoms with Crippen LogP contribution in [0.15, 0.2) is 24.3 Å². The molecule has 2 amide bonds. The van der Waals surface area contributed by atoms with Crippen molar-refractivity contribution in [1.82, 2.24) is 5.32 Å². The van der Waals surface area contributed by atoms with Crippen LogP contribution in [0.25, 0.3) is 0 Å². The van der Waals surface area contributed by atoms with E-state index in [4.69, 9.17) is 0 Å². The maximum Gasteiger partial charge on any atom is 0.224 e. The Balaban J connectivity index is 2.49. The molecule has 1 aromatic carbocycles. The highest BCUT2D eigenvalue weighted by Crippen LogP contribution is 2.15. The Kier molecular flexibility index (Phi) is 6.88. The van der Waals surface area contributed by atoms with Crippen LogP contribution in [-0.2, 0) is 16.0 Å². The third-order valence-electron chi connectivity index (χ3n) is 3.21. The Hall–Kier alpha value is -1.88. The molecule has 5 nitrogen and oxygen atoms in total. The average Bonchev–Trinajstić information content (AvgIpc) is 2.40. The van der Waals surface area contributed by atoms with Gasteiger partial charge in [0.15, 0.2) is 0 Å². The van der Waals surface area contributed by atoms with Crippen molar-refractivity contribution in [3.8, 4) is 0 Å². The van der Waals surface area contributed by atoms with Crippen molar-refractivity contribution in [2.45, 2.75) is 39.7 Å². The zero-order chi connectivity index (χ0) is 15.8. The number of para-hydroxylation sites is 1. The van der Waals surface area contributed by atoms with Gasteiger partial charge in [0.25, 0.3) is 0 Å². The third-order valence-corrected chi connectivity index (χ3v) is 3.21. The molecule has 0 aliphatic rings. The van der Waals surface area contributed by atoms with Crippen LogP contribution >= 0.6 is 0 Å². The standard InChI is InChI=1S/C16H24N2O3/c1-11(2)15(20)8-9-17-16(21)10-13-6-4-5-7-14(13)18-12(3)19/h4-7,11,15,20H,8-10H2,1-3H3,(H,17,21)(H,18,19)/t15-/m1/s1. The van der Waals surface area contributed by atoms with E-state index in [9.17, 15) is 14.7 Å². The van der Waals surface area contributed by atoms with Crippen molar-refractivity contribution < 1.29 is 14.7 Å². The fourth-order valence-electron chi connectivity index (χ4n) is 1.91. The summed E-state index contributed by atoms with van der Waals surface area (Å²) in [5.74, 6) is -0.103. The van der Waals surface area contributed by atoms with E-state index in [1.165, 1.54) is 6.92 Å². The summed E-state index contributed by atoms with van der Waals surface area (Å²) < 4.78 is 0. The van der Waals surface area contributed by atoms with E-state index >= 15 is 0 Å². The van der Waals surface area contributed by atoms with Gasteiger partial charge in [0.1, 0.15) is 0 Å². The number of aliphatic hydroxyl groups excluding tert-OH is 1. The van der Waals surface area contributed by atoms with Gasteiger partial charge in [0.2, 0.25) is 11.8 Å². The number of hydrogen-bond donors (Lipinski definition) is 3. The minimum atomic E-state index is -0.406. The van der Waals surface area contributed by atoms with Crippen molar-refractivity contribution in [2.75, 3.05) is 11.9 Å². The quantitative estimate of drug-likeness (QED) is 0.716. The summed E-state index contributed by atoms with van der Waals surface area (Å²) >= 11 is 0. The maximum atomic E-state index is 11.9. The summed E-state index contributed by atoms with van der Waals surface area (Å²) in [6.07, 6.45) is 0.335. The van der Waals surface area contributed by atoms with Crippen LogP contribution < -0.4 is 10.6 Å². The van der Waals surface area contributed by atoms with Crippen LogP contribution in [-0.4, -0.2) is 29.6 Å². The molecule has 1 atom stereocenters. The molecule has 0 radical (unpaired) electrons. The van der Waals surface area contributed by atoms with Gasteiger partial charge in [-0.3, -0.25) is 9.59 Å². The summed E-state index contributed by atoms with van der Waals surface area (Å²) in [6.45, 7) is 5.76. The van der Waals surface area contributed by atoms with Crippen molar-refractivity contribution in [2.24, 2.45) is 5.92 Å². The van der Waals surface area contributed by atoms with Crippen molar-refractivity contribution in [3.63, 3.8) is 0 Å². The number of carbonyl (C=O) groups excluding carboxylic acids is 2. The lowest BCUT2D eigenvalue weighted by molar-refractivity contribution is -0.120. The fraction of sp³-hybridized carbons (Fsp3) is 0.500. The minimum Gasteiger partial charge on any atom is -0.393 e. The summed E-state index contributed by atoms with van der Waals surface area (Å²) in [6, 6.07) is 7.22.